The molecule has 0 aliphatic carbocycles. The van der Waals surface area contributed by atoms with Crippen LogP contribution in [0.3, 0.4) is 0 Å². The molecule has 7 nitrogen and oxygen atoms in total. The van der Waals surface area contributed by atoms with E-state index in [1.165, 1.54) is 6.07 Å². The van der Waals surface area contributed by atoms with Crippen LogP contribution in [0.2, 0.25) is 0 Å². The van der Waals surface area contributed by atoms with Crippen molar-refractivity contribution in [3.8, 4) is 5.75 Å². The maximum absolute atomic E-state index is 12.5. The van der Waals surface area contributed by atoms with Crippen LogP contribution in [0.5, 0.6) is 5.75 Å². The third-order valence-electron chi connectivity index (χ3n) is 5.13. The molecule has 30 heavy (non-hydrogen) atoms. The standard InChI is InChI=1S/C23H31NO6/c1-5-7-9-16-13-20(25)30-21-14(3)19(12-11-17(16)21)29-15(4)22(26)24-18(23(27)28)10-8-6-2/h11-13,15,18H,5-10H2,1-4H3,(H,24,26)(H,27,28)/t15-,18+/m1/s1. The van der Waals surface area contributed by atoms with Crippen LogP contribution in [-0.4, -0.2) is 29.1 Å². The van der Waals surface area contributed by atoms with Gasteiger partial charge >= 0.3 is 11.6 Å². The second-order valence-electron chi connectivity index (χ2n) is 7.56. The molecule has 0 bridgehead atoms. The third-order valence-corrected chi connectivity index (χ3v) is 5.13. The second-order valence-corrected chi connectivity index (χ2v) is 7.56. The first-order valence-corrected chi connectivity index (χ1v) is 10.5. The van der Waals surface area contributed by atoms with Crippen LogP contribution in [0.15, 0.2) is 27.4 Å². The van der Waals surface area contributed by atoms with Crippen LogP contribution in [0.4, 0.5) is 0 Å². The maximum atomic E-state index is 12.5. The smallest absolute Gasteiger partial charge is 0.336 e. The molecule has 7 heteroatoms. The lowest BCUT2D eigenvalue weighted by Crippen LogP contribution is -2.46. The Morgan fingerprint density at radius 1 is 1.20 bits per heavy atom. The van der Waals surface area contributed by atoms with Crippen LogP contribution in [0.25, 0.3) is 11.0 Å². The van der Waals surface area contributed by atoms with Crippen molar-refractivity contribution >= 4 is 22.8 Å². The Morgan fingerprint density at radius 3 is 2.53 bits per heavy atom. The second kappa shape index (κ2) is 10.8. The van der Waals surface area contributed by atoms with Crippen LogP contribution in [0.1, 0.15) is 64.0 Å². The lowest BCUT2D eigenvalue weighted by atomic mass is 10.0. The lowest BCUT2D eigenvalue weighted by molar-refractivity contribution is -0.143. The van der Waals surface area contributed by atoms with Gasteiger partial charge in [0.2, 0.25) is 0 Å². The fourth-order valence-electron chi connectivity index (χ4n) is 3.31. The van der Waals surface area contributed by atoms with E-state index in [2.05, 4.69) is 12.2 Å². The van der Waals surface area contributed by atoms with E-state index in [1.54, 1.807) is 19.9 Å². The van der Waals surface area contributed by atoms with E-state index in [0.29, 0.717) is 29.7 Å². The van der Waals surface area contributed by atoms with Gasteiger partial charge in [-0.2, -0.15) is 0 Å². The molecule has 2 atom stereocenters. The van der Waals surface area contributed by atoms with Crippen molar-refractivity contribution in [3.63, 3.8) is 0 Å². The van der Waals surface area contributed by atoms with Gasteiger partial charge in [0.25, 0.3) is 5.91 Å². The van der Waals surface area contributed by atoms with Crippen molar-refractivity contribution < 1.29 is 23.8 Å². The molecular formula is C23H31NO6. The van der Waals surface area contributed by atoms with Gasteiger partial charge in [0.1, 0.15) is 17.4 Å². The maximum Gasteiger partial charge on any atom is 0.336 e. The molecule has 0 aliphatic heterocycles. The van der Waals surface area contributed by atoms with Gasteiger partial charge < -0.3 is 19.6 Å². The number of carbonyl (C=O) groups is 2. The first kappa shape index (κ1) is 23.4. The number of carboxylic acids is 1. The highest BCUT2D eigenvalue weighted by Gasteiger charge is 2.24. The molecule has 0 aliphatic rings. The Labute approximate surface area is 176 Å². The Bertz CT molecular complexity index is 949. The number of amides is 1. The molecule has 0 spiro atoms. The Kier molecular flexibility index (Phi) is 8.45. The topological polar surface area (TPSA) is 106 Å². The summed E-state index contributed by atoms with van der Waals surface area (Å²) in [7, 11) is 0. The summed E-state index contributed by atoms with van der Waals surface area (Å²) in [4.78, 5) is 35.8. The van der Waals surface area contributed by atoms with Crippen molar-refractivity contribution in [2.45, 2.75) is 78.4 Å². The number of aliphatic carboxylic acids is 1. The minimum atomic E-state index is -1.06. The van der Waals surface area contributed by atoms with E-state index in [0.717, 1.165) is 36.6 Å². The highest BCUT2D eigenvalue weighted by molar-refractivity contribution is 5.87. The predicted molar refractivity (Wildman–Crippen MR) is 115 cm³/mol. The fraction of sp³-hybridized carbons (Fsp3) is 0.522. The van der Waals surface area contributed by atoms with Gasteiger partial charge in [-0.15, -0.1) is 0 Å². The van der Waals surface area contributed by atoms with Crippen LogP contribution >= 0.6 is 0 Å². The number of aryl methyl sites for hydroxylation is 2. The molecule has 0 fully saturated rings. The van der Waals surface area contributed by atoms with Crippen molar-refractivity contribution in [3.05, 3.63) is 39.7 Å². The quantitative estimate of drug-likeness (QED) is 0.536. The molecule has 0 radical (unpaired) electrons. The van der Waals surface area contributed by atoms with E-state index >= 15 is 0 Å². The zero-order chi connectivity index (χ0) is 22.3. The summed E-state index contributed by atoms with van der Waals surface area (Å²) >= 11 is 0. The molecule has 0 unspecified atom stereocenters. The number of ether oxygens (including phenoxy) is 1. The monoisotopic (exact) mass is 417 g/mol. The van der Waals surface area contributed by atoms with Gasteiger partial charge in [-0.05, 0) is 50.8 Å². The normalized spacial score (nSPS) is 13.1. The highest BCUT2D eigenvalue weighted by Crippen LogP contribution is 2.29. The number of carbonyl (C=O) groups excluding carboxylic acids is 1. The summed E-state index contributed by atoms with van der Waals surface area (Å²) < 4.78 is 11.2. The van der Waals surface area contributed by atoms with Gasteiger partial charge in [0, 0.05) is 17.0 Å². The zero-order valence-electron chi connectivity index (χ0n) is 18.1. The SMILES string of the molecule is CCCCc1cc(=O)oc2c(C)c(O[C@H](C)C(=O)N[C@@H](CCCC)C(=O)O)ccc12. The van der Waals surface area contributed by atoms with Gasteiger partial charge in [0.15, 0.2) is 6.10 Å². The van der Waals surface area contributed by atoms with Gasteiger partial charge in [-0.1, -0.05) is 33.1 Å². The predicted octanol–water partition coefficient (Wildman–Crippen LogP) is 3.97. The third kappa shape index (κ3) is 5.84. The number of rotatable bonds is 11. The van der Waals surface area contributed by atoms with Gasteiger partial charge in [-0.3, -0.25) is 4.79 Å². The van der Waals surface area contributed by atoms with Crippen molar-refractivity contribution in [1.82, 2.24) is 5.32 Å². The van der Waals surface area contributed by atoms with E-state index in [-0.39, 0.29) is 0 Å². The number of fused-ring (bicyclic) bond motifs is 1. The van der Waals surface area contributed by atoms with E-state index in [1.807, 2.05) is 13.0 Å². The molecular weight excluding hydrogens is 386 g/mol. The summed E-state index contributed by atoms with van der Waals surface area (Å²) in [5.41, 5.74) is 1.59. The number of hydrogen-bond donors (Lipinski definition) is 2. The summed E-state index contributed by atoms with van der Waals surface area (Å²) in [6.07, 6.45) is 3.78. The number of benzene rings is 1. The van der Waals surface area contributed by atoms with Crippen LogP contribution in [-0.2, 0) is 16.0 Å². The van der Waals surface area contributed by atoms with E-state index in [4.69, 9.17) is 9.15 Å². The summed E-state index contributed by atoms with van der Waals surface area (Å²) in [5, 5.41) is 12.7. The molecule has 2 rings (SSSR count). The molecule has 164 valence electrons. The average Bonchev–Trinajstić information content (AvgIpc) is 2.71. The van der Waals surface area contributed by atoms with Crippen LogP contribution in [0, 0.1) is 6.92 Å². The largest absolute Gasteiger partial charge is 0.480 e. The van der Waals surface area contributed by atoms with Crippen LogP contribution < -0.4 is 15.7 Å². The Hall–Kier alpha value is -2.83. The molecule has 2 N–H and O–H groups in total. The molecule has 1 amide bonds. The van der Waals surface area contributed by atoms with Gasteiger partial charge in [0.05, 0.1) is 0 Å². The van der Waals surface area contributed by atoms with E-state index in [9.17, 15) is 19.5 Å². The van der Waals surface area contributed by atoms with Crippen molar-refractivity contribution in [2.75, 3.05) is 0 Å². The fourth-order valence-corrected chi connectivity index (χ4v) is 3.31. The summed E-state index contributed by atoms with van der Waals surface area (Å²) in [5.74, 6) is -1.15. The Morgan fingerprint density at radius 2 is 1.90 bits per heavy atom. The Balaban J connectivity index is 2.22. The van der Waals surface area contributed by atoms with Crippen molar-refractivity contribution in [1.29, 1.82) is 0 Å². The number of nitrogens with one attached hydrogen (secondary N) is 1. The molecule has 1 aromatic heterocycles. The van der Waals surface area contributed by atoms with Gasteiger partial charge in [-0.25, -0.2) is 9.59 Å². The zero-order valence-corrected chi connectivity index (χ0v) is 18.1. The number of carboxylic acid groups (broad SMARTS) is 1. The number of unbranched alkanes of at least 4 members (excludes halogenated alkanes) is 2. The molecule has 0 saturated carbocycles. The number of hydrogen-bond acceptors (Lipinski definition) is 5. The molecule has 2 aromatic rings. The average molecular weight is 418 g/mol. The first-order valence-electron chi connectivity index (χ1n) is 10.5. The minimum absolute atomic E-state index is 0.366. The molecule has 0 saturated heterocycles. The first-order chi connectivity index (χ1) is 14.3. The molecule has 1 heterocycles. The summed E-state index contributed by atoms with van der Waals surface area (Å²) in [6.45, 7) is 7.39. The van der Waals surface area contributed by atoms with Crippen molar-refractivity contribution in [2.24, 2.45) is 0 Å². The lowest BCUT2D eigenvalue weighted by Gasteiger charge is -2.20. The highest BCUT2D eigenvalue weighted by atomic mass is 16.5. The summed E-state index contributed by atoms with van der Waals surface area (Å²) in [6, 6.07) is 4.16. The van der Waals surface area contributed by atoms with E-state index < -0.39 is 29.6 Å². The minimum Gasteiger partial charge on any atom is -0.480 e. The molecule has 1 aromatic carbocycles.